The van der Waals surface area contributed by atoms with Gasteiger partial charge in [0.25, 0.3) is 0 Å². The van der Waals surface area contributed by atoms with Crippen LogP contribution >= 0.6 is 0 Å². The van der Waals surface area contributed by atoms with E-state index in [0.29, 0.717) is 19.5 Å². The van der Waals surface area contributed by atoms with Crippen LogP contribution in [0.1, 0.15) is 18.5 Å². The van der Waals surface area contributed by atoms with Gasteiger partial charge in [0.05, 0.1) is 36.3 Å². The molecule has 1 aromatic carbocycles. The summed E-state index contributed by atoms with van der Waals surface area (Å²) in [6.45, 7) is 7.13. The van der Waals surface area contributed by atoms with Gasteiger partial charge in [-0.1, -0.05) is 18.2 Å². The van der Waals surface area contributed by atoms with E-state index in [0.717, 1.165) is 75.4 Å². The highest BCUT2D eigenvalue weighted by Crippen LogP contribution is 2.40. The number of amides is 2. The molecule has 0 bridgehead atoms. The van der Waals surface area contributed by atoms with Crippen LogP contribution in [0.3, 0.4) is 0 Å². The van der Waals surface area contributed by atoms with Crippen LogP contribution in [0.5, 0.6) is 0 Å². The minimum Gasteiger partial charge on any atom is -0.379 e. The molecule has 0 aliphatic carbocycles. The number of para-hydroxylation sites is 1. The first kappa shape index (κ1) is 19.5. The smallest absolute Gasteiger partial charge is 0.230 e. The van der Waals surface area contributed by atoms with Crippen molar-refractivity contribution >= 4 is 22.7 Å². The highest BCUT2D eigenvalue weighted by molar-refractivity contribution is 5.89. The molecule has 0 radical (unpaired) electrons. The zero-order valence-corrected chi connectivity index (χ0v) is 17.3. The Morgan fingerprint density at radius 2 is 1.90 bits per heavy atom. The van der Waals surface area contributed by atoms with E-state index in [-0.39, 0.29) is 17.2 Å². The van der Waals surface area contributed by atoms with Gasteiger partial charge in [-0.15, -0.1) is 0 Å². The van der Waals surface area contributed by atoms with Gasteiger partial charge in [-0.2, -0.15) is 5.10 Å². The first-order valence-corrected chi connectivity index (χ1v) is 10.9. The van der Waals surface area contributed by atoms with Crippen LogP contribution in [-0.2, 0) is 20.7 Å². The molecule has 1 spiro atoms. The molecule has 2 aromatic rings. The van der Waals surface area contributed by atoms with Crippen molar-refractivity contribution in [2.24, 2.45) is 5.41 Å². The SMILES string of the molecule is O=C(Cc1[nH]nc2ccccc12)N1CCC2(CCN(CCN3CCOCC3)C2=O)C1. The van der Waals surface area contributed by atoms with Gasteiger partial charge < -0.3 is 14.5 Å². The van der Waals surface area contributed by atoms with Crippen LogP contribution in [0.2, 0.25) is 0 Å². The Labute approximate surface area is 176 Å². The summed E-state index contributed by atoms with van der Waals surface area (Å²) in [6.07, 6.45) is 1.92. The summed E-state index contributed by atoms with van der Waals surface area (Å²) in [5.41, 5.74) is 1.35. The Morgan fingerprint density at radius 3 is 2.77 bits per heavy atom. The third-order valence-corrected chi connectivity index (χ3v) is 6.97. The third-order valence-electron chi connectivity index (χ3n) is 6.97. The van der Waals surface area contributed by atoms with Gasteiger partial charge in [0.1, 0.15) is 0 Å². The second-order valence-corrected chi connectivity index (χ2v) is 8.74. The van der Waals surface area contributed by atoms with E-state index in [1.807, 2.05) is 34.1 Å². The van der Waals surface area contributed by atoms with Crippen LogP contribution in [0.25, 0.3) is 10.9 Å². The summed E-state index contributed by atoms with van der Waals surface area (Å²) >= 11 is 0. The van der Waals surface area contributed by atoms with Crippen molar-refractivity contribution in [3.63, 3.8) is 0 Å². The van der Waals surface area contributed by atoms with E-state index in [9.17, 15) is 9.59 Å². The molecule has 2 amide bonds. The zero-order chi connectivity index (χ0) is 20.6. The summed E-state index contributed by atoms with van der Waals surface area (Å²) < 4.78 is 5.40. The molecule has 0 saturated carbocycles. The minimum atomic E-state index is -0.378. The number of benzene rings is 1. The van der Waals surface area contributed by atoms with Gasteiger partial charge >= 0.3 is 0 Å². The fraction of sp³-hybridized carbons (Fsp3) is 0.591. The number of ether oxygens (including phenoxy) is 1. The maximum atomic E-state index is 13.2. The molecule has 3 saturated heterocycles. The third kappa shape index (κ3) is 3.58. The molecule has 1 unspecified atom stereocenters. The second-order valence-electron chi connectivity index (χ2n) is 8.74. The number of aromatic amines is 1. The Bertz CT molecular complexity index is 938. The molecule has 3 aliphatic rings. The van der Waals surface area contributed by atoms with E-state index in [1.54, 1.807) is 0 Å². The first-order valence-electron chi connectivity index (χ1n) is 10.9. The summed E-state index contributed by atoms with van der Waals surface area (Å²) in [5, 5.41) is 8.28. The maximum Gasteiger partial charge on any atom is 0.230 e. The average Bonchev–Trinajstić information content (AvgIpc) is 3.47. The highest BCUT2D eigenvalue weighted by Gasteiger charge is 2.51. The van der Waals surface area contributed by atoms with Crippen molar-refractivity contribution in [1.29, 1.82) is 0 Å². The Hall–Kier alpha value is -2.45. The highest BCUT2D eigenvalue weighted by atomic mass is 16.5. The van der Waals surface area contributed by atoms with Gasteiger partial charge in [-0.25, -0.2) is 0 Å². The first-order chi connectivity index (χ1) is 14.6. The fourth-order valence-corrected chi connectivity index (χ4v) is 5.07. The number of nitrogens with one attached hydrogen (secondary N) is 1. The van der Waals surface area contributed by atoms with Crippen LogP contribution in [0.4, 0.5) is 0 Å². The van der Waals surface area contributed by atoms with E-state index in [4.69, 9.17) is 4.74 Å². The Morgan fingerprint density at radius 1 is 1.10 bits per heavy atom. The van der Waals surface area contributed by atoms with Gasteiger partial charge in [-0.05, 0) is 18.9 Å². The van der Waals surface area contributed by atoms with Gasteiger partial charge in [-0.3, -0.25) is 19.6 Å². The number of hydrogen-bond acceptors (Lipinski definition) is 5. The summed E-state index contributed by atoms with van der Waals surface area (Å²) in [6, 6.07) is 7.82. The molecule has 1 aromatic heterocycles. The predicted molar refractivity (Wildman–Crippen MR) is 112 cm³/mol. The lowest BCUT2D eigenvalue weighted by Crippen LogP contribution is -2.44. The largest absolute Gasteiger partial charge is 0.379 e. The quantitative estimate of drug-likeness (QED) is 0.790. The fourth-order valence-electron chi connectivity index (χ4n) is 5.07. The van der Waals surface area contributed by atoms with Crippen LogP contribution in [-0.4, -0.2) is 95.7 Å². The molecular weight excluding hydrogens is 382 g/mol. The molecular formula is C22H29N5O3. The molecule has 3 aliphatic heterocycles. The summed E-state index contributed by atoms with van der Waals surface area (Å²) in [5.74, 6) is 0.305. The van der Waals surface area contributed by atoms with Crippen molar-refractivity contribution in [3.05, 3.63) is 30.0 Å². The monoisotopic (exact) mass is 411 g/mol. The average molecular weight is 412 g/mol. The normalized spacial score (nSPS) is 25.1. The maximum absolute atomic E-state index is 13.2. The Kier molecular flexibility index (Phi) is 5.20. The van der Waals surface area contributed by atoms with Crippen molar-refractivity contribution in [3.8, 4) is 0 Å². The number of carbonyl (C=O) groups excluding carboxylic acids is 2. The van der Waals surface area contributed by atoms with E-state index in [1.165, 1.54) is 0 Å². The van der Waals surface area contributed by atoms with Crippen molar-refractivity contribution in [2.45, 2.75) is 19.3 Å². The van der Waals surface area contributed by atoms with Crippen LogP contribution in [0.15, 0.2) is 24.3 Å². The number of aromatic nitrogens is 2. The Balaban J connectivity index is 1.18. The number of morpholine rings is 1. The number of likely N-dealkylation sites (tertiary alicyclic amines) is 2. The number of carbonyl (C=O) groups is 2. The molecule has 8 heteroatoms. The van der Waals surface area contributed by atoms with E-state index < -0.39 is 0 Å². The van der Waals surface area contributed by atoms with Crippen LogP contribution in [0, 0.1) is 5.41 Å². The van der Waals surface area contributed by atoms with Crippen molar-refractivity contribution < 1.29 is 14.3 Å². The minimum absolute atomic E-state index is 0.0702. The number of hydrogen-bond donors (Lipinski definition) is 1. The number of rotatable bonds is 5. The van der Waals surface area contributed by atoms with Gasteiger partial charge in [0.2, 0.25) is 11.8 Å². The van der Waals surface area contributed by atoms with E-state index >= 15 is 0 Å². The van der Waals surface area contributed by atoms with Crippen molar-refractivity contribution in [2.75, 3.05) is 59.0 Å². The second kappa shape index (κ2) is 8.00. The lowest BCUT2D eigenvalue weighted by atomic mass is 9.85. The lowest BCUT2D eigenvalue weighted by Gasteiger charge is -2.29. The molecule has 5 rings (SSSR count). The van der Waals surface area contributed by atoms with Gasteiger partial charge in [0.15, 0.2) is 0 Å². The standard InChI is InChI=1S/C22H29N5O3/c28-20(15-19-17-3-1-2-4-18(17)23-24-19)27-8-6-22(16-27)5-7-26(21(22)29)10-9-25-11-13-30-14-12-25/h1-4H,5-16H2,(H,23,24). The van der Waals surface area contributed by atoms with Crippen LogP contribution < -0.4 is 0 Å². The molecule has 30 heavy (non-hydrogen) atoms. The van der Waals surface area contributed by atoms with Crippen molar-refractivity contribution in [1.82, 2.24) is 24.9 Å². The van der Waals surface area contributed by atoms with E-state index in [2.05, 4.69) is 15.1 Å². The van der Waals surface area contributed by atoms with Gasteiger partial charge in [0, 0.05) is 51.2 Å². The molecule has 4 heterocycles. The lowest BCUT2D eigenvalue weighted by molar-refractivity contribution is -0.136. The zero-order valence-electron chi connectivity index (χ0n) is 17.3. The number of H-pyrrole nitrogens is 1. The molecule has 1 N–H and O–H groups in total. The predicted octanol–water partition coefficient (Wildman–Crippen LogP) is 0.889. The number of fused-ring (bicyclic) bond motifs is 1. The molecule has 160 valence electrons. The number of nitrogens with zero attached hydrogens (tertiary/aromatic N) is 4. The topological polar surface area (TPSA) is 81.8 Å². The molecule has 1 atom stereocenters. The molecule has 8 nitrogen and oxygen atoms in total. The summed E-state index contributed by atoms with van der Waals surface area (Å²) in [7, 11) is 0. The molecule has 3 fully saturated rings. The summed E-state index contributed by atoms with van der Waals surface area (Å²) in [4.78, 5) is 32.4.